The van der Waals surface area contributed by atoms with Crippen LogP contribution in [0.25, 0.3) is 0 Å². The Morgan fingerprint density at radius 3 is 1.38 bits per heavy atom. The maximum absolute atomic E-state index is 13.0. The highest BCUT2D eigenvalue weighted by Gasteiger charge is 2.47. The SMILES string of the molecule is CCC(CC)(C(=O)Oc1cc(Cl)cc(Cl)c1Cl)C(=O)Oc1cc(Cl)cc(Cl)c1Cl. The smallest absolute Gasteiger partial charge is 0.328 e. The number of hydrogen-bond donors (Lipinski definition) is 0. The van der Waals surface area contributed by atoms with Crippen LogP contribution in [0.5, 0.6) is 11.5 Å². The van der Waals surface area contributed by atoms with Crippen LogP contribution in [-0.2, 0) is 9.59 Å². The molecule has 2 rings (SSSR count). The Hall–Kier alpha value is -0.880. The van der Waals surface area contributed by atoms with Crippen molar-refractivity contribution in [1.82, 2.24) is 0 Å². The first-order valence-electron chi connectivity index (χ1n) is 8.29. The zero-order valence-electron chi connectivity index (χ0n) is 15.1. The second-order valence-corrected chi connectivity index (χ2v) is 8.41. The molecule has 2 aromatic rings. The second-order valence-electron chi connectivity index (χ2n) is 5.97. The summed E-state index contributed by atoms with van der Waals surface area (Å²) in [7, 11) is 0. The number of benzene rings is 2. The van der Waals surface area contributed by atoms with E-state index in [4.69, 9.17) is 79.1 Å². The van der Waals surface area contributed by atoms with Crippen LogP contribution < -0.4 is 9.47 Å². The van der Waals surface area contributed by atoms with E-state index in [1.54, 1.807) is 13.8 Å². The largest absolute Gasteiger partial charge is 0.424 e. The Balaban J connectivity index is 2.38. The normalized spacial score (nSPS) is 11.3. The monoisotopic (exact) mass is 516 g/mol. The van der Waals surface area contributed by atoms with Gasteiger partial charge in [-0.25, -0.2) is 0 Å². The van der Waals surface area contributed by atoms with Crippen molar-refractivity contribution in [3.8, 4) is 11.5 Å². The number of ether oxygens (including phenoxy) is 2. The Labute approximate surface area is 197 Å². The number of esters is 2. The van der Waals surface area contributed by atoms with Gasteiger partial charge in [-0.3, -0.25) is 9.59 Å². The van der Waals surface area contributed by atoms with Crippen molar-refractivity contribution in [2.75, 3.05) is 0 Å². The maximum Gasteiger partial charge on any atom is 0.328 e. The Morgan fingerprint density at radius 2 is 1.07 bits per heavy atom. The quantitative estimate of drug-likeness (QED) is 0.169. The molecule has 0 aliphatic carbocycles. The van der Waals surface area contributed by atoms with Gasteiger partial charge in [-0.1, -0.05) is 83.5 Å². The highest BCUT2D eigenvalue weighted by atomic mass is 35.5. The third-order valence-electron chi connectivity index (χ3n) is 4.31. The molecular formula is C19H14Cl6O4. The van der Waals surface area contributed by atoms with Gasteiger partial charge < -0.3 is 9.47 Å². The fraction of sp³-hybridized carbons (Fsp3) is 0.263. The molecule has 0 saturated carbocycles. The van der Waals surface area contributed by atoms with Crippen LogP contribution >= 0.6 is 69.6 Å². The number of carbonyl (C=O) groups is 2. The van der Waals surface area contributed by atoms with E-state index in [2.05, 4.69) is 0 Å². The molecule has 0 spiro atoms. The minimum Gasteiger partial charge on any atom is -0.424 e. The van der Waals surface area contributed by atoms with Crippen molar-refractivity contribution in [2.24, 2.45) is 5.41 Å². The zero-order chi connectivity index (χ0) is 21.9. The Kier molecular flexibility index (Phi) is 8.37. The highest BCUT2D eigenvalue weighted by Crippen LogP contribution is 2.40. The van der Waals surface area contributed by atoms with Gasteiger partial charge in [0.05, 0.1) is 10.0 Å². The second kappa shape index (κ2) is 9.95. The molecule has 0 aliphatic rings. The summed E-state index contributed by atoms with van der Waals surface area (Å²) in [6.07, 6.45) is 0.165. The summed E-state index contributed by atoms with van der Waals surface area (Å²) >= 11 is 36.0. The van der Waals surface area contributed by atoms with E-state index in [9.17, 15) is 9.59 Å². The van der Waals surface area contributed by atoms with E-state index >= 15 is 0 Å². The fourth-order valence-electron chi connectivity index (χ4n) is 2.52. The molecule has 0 atom stereocenters. The summed E-state index contributed by atoms with van der Waals surface area (Å²) in [5.74, 6) is -1.90. The number of rotatable bonds is 6. The van der Waals surface area contributed by atoms with Gasteiger partial charge >= 0.3 is 11.9 Å². The Morgan fingerprint density at radius 1 is 0.724 bits per heavy atom. The van der Waals surface area contributed by atoms with Gasteiger partial charge in [0.25, 0.3) is 0 Å². The van der Waals surface area contributed by atoms with Crippen LogP contribution in [0.2, 0.25) is 30.1 Å². The van der Waals surface area contributed by atoms with Crippen molar-refractivity contribution in [3.05, 3.63) is 54.4 Å². The van der Waals surface area contributed by atoms with Gasteiger partial charge in [-0.2, -0.15) is 0 Å². The minimum absolute atomic E-state index is 0.0106. The molecule has 2 aromatic carbocycles. The average molecular weight is 519 g/mol. The van der Waals surface area contributed by atoms with Gasteiger partial charge in [-0.15, -0.1) is 0 Å². The molecule has 0 aromatic heterocycles. The van der Waals surface area contributed by atoms with Crippen molar-refractivity contribution in [2.45, 2.75) is 26.7 Å². The van der Waals surface area contributed by atoms with Gasteiger partial charge in [-0.05, 0) is 25.0 Å². The third-order valence-corrected chi connectivity index (χ3v) is 6.32. The molecule has 156 valence electrons. The van der Waals surface area contributed by atoms with Gasteiger partial charge in [0, 0.05) is 22.2 Å². The number of hydrogen-bond acceptors (Lipinski definition) is 4. The fourth-order valence-corrected chi connectivity index (χ4v) is 3.76. The average Bonchev–Trinajstić information content (AvgIpc) is 2.64. The third kappa shape index (κ3) is 5.25. The maximum atomic E-state index is 13.0. The van der Waals surface area contributed by atoms with Crippen LogP contribution in [0.4, 0.5) is 0 Å². The molecule has 0 heterocycles. The molecule has 0 unspecified atom stereocenters. The van der Waals surface area contributed by atoms with E-state index in [1.165, 1.54) is 24.3 Å². The van der Waals surface area contributed by atoms with Crippen LogP contribution in [0.3, 0.4) is 0 Å². The molecule has 0 aliphatic heterocycles. The standard InChI is InChI=1S/C19H14Cl6O4/c1-3-19(4-2,17(26)28-13-7-9(20)5-11(22)15(13)24)18(27)29-14-8-10(21)6-12(23)16(14)25/h5-8H,3-4H2,1-2H3. The van der Waals surface area contributed by atoms with Crippen LogP contribution in [0.1, 0.15) is 26.7 Å². The van der Waals surface area contributed by atoms with Crippen molar-refractivity contribution >= 4 is 81.5 Å². The number of carbonyl (C=O) groups excluding carboxylic acids is 2. The van der Waals surface area contributed by atoms with Crippen LogP contribution in [0, 0.1) is 5.41 Å². The lowest BCUT2D eigenvalue weighted by Crippen LogP contribution is -2.44. The summed E-state index contributed by atoms with van der Waals surface area (Å²) < 4.78 is 10.7. The van der Waals surface area contributed by atoms with E-state index in [-0.39, 0.29) is 54.5 Å². The van der Waals surface area contributed by atoms with Gasteiger partial charge in [0.15, 0.2) is 16.9 Å². The Bertz CT molecular complexity index is 883. The predicted molar refractivity (Wildman–Crippen MR) is 117 cm³/mol. The van der Waals surface area contributed by atoms with Crippen LogP contribution in [0.15, 0.2) is 24.3 Å². The van der Waals surface area contributed by atoms with Crippen molar-refractivity contribution in [3.63, 3.8) is 0 Å². The first-order valence-corrected chi connectivity index (χ1v) is 10.6. The molecule has 4 nitrogen and oxygen atoms in total. The first kappa shape index (κ1) is 24.4. The minimum atomic E-state index is -1.64. The lowest BCUT2D eigenvalue weighted by molar-refractivity contribution is -0.161. The van der Waals surface area contributed by atoms with Crippen LogP contribution in [-0.4, -0.2) is 11.9 Å². The number of halogens is 6. The summed E-state index contributed by atoms with van der Waals surface area (Å²) in [6.45, 7) is 3.29. The van der Waals surface area contributed by atoms with Crippen molar-refractivity contribution < 1.29 is 19.1 Å². The lowest BCUT2D eigenvalue weighted by atomic mass is 9.82. The van der Waals surface area contributed by atoms with Gasteiger partial charge in [0.2, 0.25) is 0 Å². The van der Waals surface area contributed by atoms with Gasteiger partial charge in [0.1, 0.15) is 10.0 Å². The molecule has 0 amide bonds. The highest BCUT2D eigenvalue weighted by molar-refractivity contribution is 6.45. The zero-order valence-corrected chi connectivity index (χ0v) is 19.7. The molecule has 29 heavy (non-hydrogen) atoms. The van der Waals surface area contributed by atoms with E-state index < -0.39 is 17.4 Å². The van der Waals surface area contributed by atoms with Crippen molar-refractivity contribution in [1.29, 1.82) is 0 Å². The topological polar surface area (TPSA) is 52.6 Å². The summed E-state index contributed by atoms with van der Waals surface area (Å²) in [5, 5.41) is 0.603. The summed E-state index contributed by atoms with van der Waals surface area (Å²) in [4.78, 5) is 25.9. The van der Waals surface area contributed by atoms with E-state index in [1.807, 2.05) is 0 Å². The molecule has 0 N–H and O–H groups in total. The van der Waals surface area contributed by atoms with E-state index in [0.717, 1.165) is 0 Å². The molecular weight excluding hydrogens is 505 g/mol. The molecule has 0 radical (unpaired) electrons. The predicted octanol–water partition coefficient (Wildman–Crippen LogP) is 7.92. The first-order chi connectivity index (χ1) is 13.5. The lowest BCUT2D eigenvalue weighted by Gasteiger charge is -2.27. The molecule has 0 saturated heterocycles. The summed E-state index contributed by atoms with van der Waals surface area (Å²) in [6, 6.07) is 5.44. The molecule has 0 fully saturated rings. The summed E-state index contributed by atoms with van der Waals surface area (Å²) in [5.41, 5.74) is -1.64. The molecule has 0 bridgehead atoms. The van der Waals surface area contributed by atoms with E-state index in [0.29, 0.717) is 0 Å². The molecule has 10 heteroatoms.